The van der Waals surface area contributed by atoms with Crippen LogP contribution in [0.1, 0.15) is 42.2 Å². The third-order valence-electron chi connectivity index (χ3n) is 4.87. The van der Waals surface area contributed by atoms with Crippen LogP contribution < -0.4 is 5.32 Å². The number of imidazole rings is 1. The van der Waals surface area contributed by atoms with Gasteiger partial charge in [-0.05, 0) is 47.1 Å². The van der Waals surface area contributed by atoms with E-state index in [0.717, 1.165) is 42.3 Å². The molecule has 0 bridgehead atoms. The van der Waals surface area contributed by atoms with Gasteiger partial charge in [-0.3, -0.25) is 9.69 Å². The lowest BCUT2D eigenvalue weighted by atomic mass is 10.0. The van der Waals surface area contributed by atoms with Crippen LogP contribution in [-0.2, 0) is 4.79 Å². The molecule has 1 aliphatic heterocycles. The largest absolute Gasteiger partial charge is 0.331 e. The maximum Gasteiger partial charge on any atom is 0.243 e. The number of nitrogens with one attached hydrogen (secondary N) is 1. The van der Waals surface area contributed by atoms with Gasteiger partial charge in [0.15, 0.2) is 5.13 Å². The summed E-state index contributed by atoms with van der Waals surface area (Å²) < 4.78 is 2.23. The van der Waals surface area contributed by atoms with Crippen molar-refractivity contribution < 1.29 is 4.79 Å². The molecule has 2 atom stereocenters. The van der Waals surface area contributed by atoms with E-state index in [9.17, 15) is 4.79 Å². The Labute approximate surface area is 146 Å². The molecule has 1 aliphatic rings. The van der Waals surface area contributed by atoms with E-state index >= 15 is 0 Å². The highest BCUT2D eigenvalue weighted by Gasteiger charge is 2.29. The number of rotatable bonds is 4. The summed E-state index contributed by atoms with van der Waals surface area (Å²) in [6.45, 7) is 9.83. The molecule has 1 fully saturated rings. The molecule has 0 unspecified atom stereocenters. The Bertz CT molecular complexity index is 703. The summed E-state index contributed by atoms with van der Waals surface area (Å²) in [6, 6.07) is 0.224. The predicted octanol–water partition coefficient (Wildman–Crippen LogP) is 2.93. The van der Waals surface area contributed by atoms with Crippen molar-refractivity contribution in [3.8, 4) is 0 Å². The van der Waals surface area contributed by atoms with Crippen molar-refractivity contribution in [2.75, 3.05) is 18.4 Å². The number of nitrogens with zero attached hydrogens (tertiary/aromatic N) is 4. The molecule has 24 heavy (non-hydrogen) atoms. The number of piperidine rings is 1. The molecule has 2 aromatic rings. The fourth-order valence-electron chi connectivity index (χ4n) is 3.24. The molecular weight excluding hydrogens is 322 g/mol. The quantitative estimate of drug-likeness (QED) is 0.924. The summed E-state index contributed by atoms with van der Waals surface area (Å²) in [6.07, 6.45) is 6.11. The van der Waals surface area contributed by atoms with Crippen LogP contribution in [-0.4, -0.2) is 44.5 Å². The molecule has 0 aliphatic carbocycles. The highest BCUT2D eigenvalue weighted by Crippen LogP contribution is 2.25. The van der Waals surface area contributed by atoms with Crippen LogP contribution in [0, 0.1) is 20.8 Å². The van der Waals surface area contributed by atoms with Gasteiger partial charge in [-0.25, -0.2) is 9.97 Å². The van der Waals surface area contributed by atoms with Crippen LogP contribution in [0.5, 0.6) is 0 Å². The van der Waals surface area contributed by atoms with E-state index in [0.29, 0.717) is 11.2 Å². The minimum Gasteiger partial charge on any atom is -0.331 e. The van der Waals surface area contributed by atoms with Gasteiger partial charge >= 0.3 is 0 Å². The van der Waals surface area contributed by atoms with E-state index in [-0.39, 0.29) is 11.9 Å². The van der Waals surface area contributed by atoms with Crippen molar-refractivity contribution in [3.63, 3.8) is 0 Å². The summed E-state index contributed by atoms with van der Waals surface area (Å²) in [5.41, 5.74) is 0.983. The van der Waals surface area contributed by atoms with E-state index in [4.69, 9.17) is 0 Å². The molecule has 0 radical (unpaired) electrons. The van der Waals surface area contributed by atoms with Crippen LogP contribution >= 0.6 is 11.3 Å². The zero-order valence-corrected chi connectivity index (χ0v) is 15.6. The Balaban J connectivity index is 1.64. The van der Waals surface area contributed by atoms with Crippen LogP contribution in [0.15, 0.2) is 12.4 Å². The summed E-state index contributed by atoms with van der Waals surface area (Å²) in [5, 5.41) is 3.66. The average molecular weight is 347 g/mol. The van der Waals surface area contributed by atoms with Gasteiger partial charge in [-0.1, -0.05) is 0 Å². The van der Waals surface area contributed by atoms with Crippen LogP contribution in [0.3, 0.4) is 0 Å². The van der Waals surface area contributed by atoms with Gasteiger partial charge in [0.25, 0.3) is 0 Å². The predicted molar refractivity (Wildman–Crippen MR) is 96.5 cm³/mol. The highest BCUT2D eigenvalue weighted by molar-refractivity contribution is 7.15. The second kappa shape index (κ2) is 7.03. The van der Waals surface area contributed by atoms with Crippen molar-refractivity contribution in [3.05, 3.63) is 28.8 Å². The number of amides is 1. The van der Waals surface area contributed by atoms with Gasteiger partial charge in [0.05, 0.1) is 11.7 Å². The standard InChI is InChI=1S/C17H25N5OS/c1-11-13(3)24-17(19-11)20-16(23)12(2)21-8-5-6-15(10-21)22-9-7-18-14(22)4/h7,9,12,15H,5-6,8,10H2,1-4H3,(H,19,20,23)/t12-,15+/m0/s1. The van der Waals surface area contributed by atoms with Gasteiger partial charge in [0.2, 0.25) is 5.91 Å². The SMILES string of the molecule is Cc1nc(NC(=O)[C@H](C)N2CCC[C@@H](n3ccnc3C)C2)sc1C. The smallest absolute Gasteiger partial charge is 0.243 e. The van der Waals surface area contributed by atoms with Gasteiger partial charge in [-0.2, -0.15) is 0 Å². The number of thiazole rings is 1. The Morgan fingerprint density at radius 3 is 2.83 bits per heavy atom. The first kappa shape index (κ1) is 17.1. The Hall–Kier alpha value is -1.73. The van der Waals surface area contributed by atoms with E-state index in [1.807, 2.05) is 40.1 Å². The maximum absolute atomic E-state index is 12.6. The average Bonchev–Trinajstić information content (AvgIpc) is 3.12. The third-order valence-corrected chi connectivity index (χ3v) is 5.86. The molecule has 1 saturated heterocycles. The minimum atomic E-state index is -0.166. The molecule has 0 aromatic carbocycles. The Morgan fingerprint density at radius 2 is 2.21 bits per heavy atom. The molecule has 3 rings (SSSR count). The number of likely N-dealkylation sites (tertiary alicyclic amines) is 1. The van der Waals surface area contributed by atoms with Gasteiger partial charge < -0.3 is 9.88 Å². The van der Waals surface area contributed by atoms with E-state index in [1.54, 1.807) is 0 Å². The normalized spacial score (nSPS) is 20.1. The lowest BCUT2D eigenvalue weighted by molar-refractivity contribution is -0.121. The molecule has 1 amide bonds. The van der Waals surface area contributed by atoms with Gasteiger partial charge in [0.1, 0.15) is 5.82 Å². The third kappa shape index (κ3) is 3.52. The number of aryl methyl sites for hydroxylation is 3. The molecule has 130 valence electrons. The number of hydrogen-bond acceptors (Lipinski definition) is 5. The molecule has 1 N–H and O–H groups in total. The topological polar surface area (TPSA) is 63.1 Å². The highest BCUT2D eigenvalue weighted by atomic mass is 32.1. The monoisotopic (exact) mass is 347 g/mol. The van der Waals surface area contributed by atoms with Crippen molar-refractivity contribution in [1.82, 2.24) is 19.4 Å². The van der Waals surface area contributed by atoms with Crippen molar-refractivity contribution in [2.45, 2.75) is 52.6 Å². The summed E-state index contributed by atoms with van der Waals surface area (Å²) in [4.78, 5) is 24.7. The zero-order valence-electron chi connectivity index (χ0n) is 14.7. The minimum absolute atomic E-state index is 0.0201. The second-order valence-electron chi connectivity index (χ2n) is 6.50. The first-order valence-electron chi connectivity index (χ1n) is 8.44. The number of carbonyl (C=O) groups excluding carboxylic acids is 1. The number of anilines is 1. The molecule has 3 heterocycles. The summed E-state index contributed by atoms with van der Waals surface area (Å²) >= 11 is 1.53. The van der Waals surface area contributed by atoms with E-state index in [1.165, 1.54) is 11.3 Å². The first-order valence-corrected chi connectivity index (χ1v) is 9.25. The van der Waals surface area contributed by atoms with Gasteiger partial charge in [0, 0.05) is 29.9 Å². The maximum atomic E-state index is 12.6. The van der Waals surface area contributed by atoms with Crippen molar-refractivity contribution >= 4 is 22.4 Å². The van der Waals surface area contributed by atoms with E-state index in [2.05, 4.69) is 24.8 Å². The number of aromatic nitrogens is 3. The Morgan fingerprint density at radius 1 is 1.42 bits per heavy atom. The fourth-order valence-corrected chi connectivity index (χ4v) is 4.06. The number of carbonyl (C=O) groups is 1. The summed E-state index contributed by atoms with van der Waals surface area (Å²) in [7, 11) is 0. The molecule has 7 heteroatoms. The fraction of sp³-hybridized carbons (Fsp3) is 0.588. The lowest BCUT2D eigenvalue weighted by Gasteiger charge is -2.36. The van der Waals surface area contributed by atoms with Crippen molar-refractivity contribution in [2.24, 2.45) is 0 Å². The number of hydrogen-bond donors (Lipinski definition) is 1. The molecule has 0 saturated carbocycles. The van der Waals surface area contributed by atoms with Crippen LogP contribution in [0.4, 0.5) is 5.13 Å². The van der Waals surface area contributed by atoms with Crippen LogP contribution in [0.2, 0.25) is 0 Å². The summed E-state index contributed by atoms with van der Waals surface area (Å²) in [5.74, 6) is 1.06. The van der Waals surface area contributed by atoms with E-state index < -0.39 is 0 Å². The van der Waals surface area contributed by atoms with Crippen molar-refractivity contribution in [1.29, 1.82) is 0 Å². The Kier molecular flexibility index (Phi) is 5.01. The zero-order chi connectivity index (χ0) is 17.3. The second-order valence-corrected chi connectivity index (χ2v) is 7.70. The molecule has 6 nitrogen and oxygen atoms in total. The first-order chi connectivity index (χ1) is 11.5. The van der Waals surface area contributed by atoms with Gasteiger partial charge in [-0.15, -0.1) is 11.3 Å². The molecule has 0 spiro atoms. The van der Waals surface area contributed by atoms with Crippen LogP contribution in [0.25, 0.3) is 0 Å². The molecular formula is C17H25N5OS. The molecule has 2 aromatic heterocycles. The lowest BCUT2D eigenvalue weighted by Crippen LogP contribution is -2.47.